The van der Waals surface area contributed by atoms with Crippen molar-refractivity contribution in [3.05, 3.63) is 63.8 Å². The zero-order valence-electron chi connectivity index (χ0n) is 25.5. The molecule has 4 heterocycles. The van der Waals surface area contributed by atoms with Crippen molar-refractivity contribution in [2.24, 2.45) is 7.05 Å². The molecule has 15 heteroatoms. The van der Waals surface area contributed by atoms with E-state index in [1.807, 2.05) is 37.6 Å². The van der Waals surface area contributed by atoms with Crippen LogP contribution in [0.15, 0.2) is 35.5 Å². The molecule has 0 radical (unpaired) electrons. The van der Waals surface area contributed by atoms with Gasteiger partial charge in [-0.2, -0.15) is 13.2 Å². The Morgan fingerprint density at radius 3 is 2.22 bits per heavy atom. The topological polar surface area (TPSA) is 95.8 Å². The second kappa shape index (κ2) is 12.4. The lowest BCUT2D eigenvalue weighted by Gasteiger charge is -2.39. The molecule has 1 amide bonds. The van der Waals surface area contributed by atoms with Crippen LogP contribution in [0, 0.1) is 11.6 Å². The first-order valence-electron chi connectivity index (χ1n) is 14.4. The number of benzene rings is 1. The van der Waals surface area contributed by atoms with Crippen molar-refractivity contribution in [3.63, 3.8) is 0 Å². The summed E-state index contributed by atoms with van der Waals surface area (Å²) in [7, 11) is 3.09. The van der Waals surface area contributed by atoms with E-state index in [4.69, 9.17) is 4.74 Å². The van der Waals surface area contributed by atoms with Crippen molar-refractivity contribution in [1.29, 1.82) is 0 Å². The Kier molecular flexibility index (Phi) is 8.86. The zero-order valence-corrected chi connectivity index (χ0v) is 25.5. The van der Waals surface area contributed by atoms with Crippen molar-refractivity contribution >= 4 is 23.2 Å². The van der Waals surface area contributed by atoms with E-state index < -0.39 is 51.7 Å². The molecular weight excluding hydrogens is 601 g/mol. The summed E-state index contributed by atoms with van der Waals surface area (Å²) in [5, 5.41) is 2.27. The van der Waals surface area contributed by atoms with Crippen LogP contribution in [0.25, 0.3) is 11.1 Å². The third-order valence-corrected chi connectivity index (χ3v) is 8.14. The first-order chi connectivity index (χ1) is 21.1. The van der Waals surface area contributed by atoms with Gasteiger partial charge >= 0.3 is 6.18 Å². The van der Waals surface area contributed by atoms with E-state index in [9.17, 15) is 22.8 Å². The van der Waals surface area contributed by atoms with Crippen molar-refractivity contribution in [2.45, 2.75) is 45.2 Å². The smallest absolute Gasteiger partial charge is 0.372 e. The Bertz CT molecular complexity index is 1640. The first kappa shape index (κ1) is 32.3. The molecule has 10 nitrogen and oxygen atoms in total. The normalized spacial score (nSPS) is 21.2. The highest BCUT2D eigenvalue weighted by molar-refractivity contribution is 6.07. The molecule has 3 atom stereocenters. The van der Waals surface area contributed by atoms with Gasteiger partial charge in [-0.15, -0.1) is 0 Å². The van der Waals surface area contributed by atoms with Crippen molar-refractivity contribution in [1.82, 2.24) is 19.4 Å². The molecule has 0 aliphatic carbocycles. The number of likely N-dealkylation sites (N-methyl/N-ethyl adjacent to an activating group) is 1. The van der Waals surface area contributed by atoms with Gasteiger partial charge in [-0.1, -0.05) is 0 Å². The summed E-state index contributed by atoms with van der Waals surface area (Å²) in [5.41, 5.74) is -4.47. The lowest BCUT2D eigenvalue weighted by atomic mass is 10.0. The number of hydrogen-bond acceptors (Lipinski definition) is 8. The number of piperazine rings is 1. The monoisotopic (exact) mass is 635 g/mol. The maximum absolute atomic E-state index is 16.5. The number of pyridine rings is 1. The molecule has 1 aromatic carbocycles. The summed E-state index contributed by atoms with van der Waals surface area (Å²) in [6, 6.07) is 1.33. The van der Waals surface area contributed by atoms with Crippen molar-refractivity contribution in [2.75, 3.05) is 54.9 Å². The number of aromatic nitrogens is 3. The van der Waals surface area contributed by atoms with Crippen LogP contribution < -0.4 is 20.7 Å². The average molecular weight is 636 g/mol. The maximum atomic E-state index is 16.5. The second-order valence-electron chi connectivity index (χ2n) is 11.7. The predicted octanol–water partition coefficient (Wildman–Crippen LogP) is 4.15. The van der Waals surface area contributed by atoms with Gasteiger partial charge in [-0.3, -0.25) is 9.59 Å². The van der Waals surface area contributed by atoms with E-state index in [-0.39, 0.29) is 29.5 Å². The first-order valence-corrected chi connectivity index (χ1v) is 14.4. The number of amides is 1. The van der Waals surface area contributed by atoms with Crippen LogP contribution in [-0.4, -0.2) is 83.4 Å². The number of halogens is 5. The third-order valence-electron chi connectivity index (χ3n) is 8.14. The lowest BCUT2D eigenvalue weighted by Crippen LogP contribution is -2.50. The molecule has 0 saturated carbocycles. The Balaban J connectivity index is 1.58. The minimum Gasteiger partial charge on any atom is -0.372 e. The molecule has 2 fully saturated rings. The van der Waals surface area contributed by atoms with Gasteiger partial charge in [0, 0.05) is 82.1 Å². The number of carbonyl (C=O) groups is 1. The summed E-state index contributed by atoms with van der Waals surface area (Å²) in [6.07, 6.45) is -1.95. The standard InChI is InChI=1S/C30H34F5N7O3/c1-16-12-41(7-6-39(16)4)23-9-22(31)25(19-10-36-29(37-11-19)42-13-17(2)45-18(3)14-42)26(32)27(23)38-28(44)20-15-40(5)24(43)8-21(20)30(33,34)35/h8-11,15-18H,6-7,12-14H2,1-5H3,(H,38,44)/t16?,17-,18+. The van der Waals surface area contributed by atoms with E-state index >= 15 is 8.78 Å². The number of ether oxygens (including phenoxy) is 1. The number of nitrogens with zero attached hydrogens (tertiary/aromatic N) is 6. The van der Waals surface area contributed by atoms with Crippen LogP contribution in [0.2, 0.25) is 0 Å². The molecule has 5 rings (SSSR count). The molecule has 242 valence electrons. The summed E-state index contributed by atoms with van der Waals surface area (Å²) in [5.74, 6) is -3.14. The number of hydrogen-bond donors (Lipinski definition) is 1. The van der Waals surface area contributed by atoms with Gasteiger partial charge in [0.25, 0.3) is 11.5 Å². The summed E-state index contributed by atoms with van der Waals surface area (Å²) >= 11 is 0. The van der Waals surface area contributed by atoms with E-state index in [0.29, 0.717) is 44.7 Å². The number of anilines is 3. The Morgan fingerprint density at radius 1 is 0.978 bits per heavy atom. The number of rotatable bonds is 5. The van der Waals surface area contributed by atoms with E-state index in [1.165, 1.54) is 19.4 Å². The summed E-state index contributed by atoms with van der Waals surface area (Å²) in [6.45, 7) is 7.98. The molecule has 2 aliphatic rings. The molecule has 1 unspecified atom stereocenters. The molecule has 2 aromatic heterocycles. The average Bonchev–Trinajstić information content (AvgIpc) is 2.96. The fourth-order valence-electron chi connectivity index (χ4n) is 5.69. The Hall–Kier alpha value is -4.11. The number of alkyl halides is 3. The highest BCUT2D eigenvalue weighted by Gasteiger charge is 2.37. The Morgan fingerprint density at radius 2 is 1.62 bits per heavy atom. The molecule has 0 spiro atoms. The lowest BCUT2D eigenvalue weighted by molar-refractivity contribution is -0.138. The van der Waals surface area contributed by atoms with E-state index in [0.717, 1.165) is 16.8 Å². The molecule has 2 aliphatic heterocycles. The quantitative estimate of drug-likeness (QED) is 0.418. The number of aryl methyl sites for hydroxylation is 1. The molecule has 45 heavy (non-hydrogen) atoms. The molecule has 1 N–H and O–H groups in total. The molecular formula is C30H34F5N7O3. The van der Waals surface area contributed by atoms with Gasteiger partial charge in [0.2, 0.25) is 5.95 Å². The SMILES string of the molecule is CC1CN(c2cc(F)c(-c3cnc(N4C[C@@H](C)O[C@@H](C)C4)nc3)c(F)c2NC(=O)c2cn(C)c(=O)cc2C(F)(F)F)CCN1C. The largest absolute Gasteiger partial charge is 0.417 e. The van der Waals surface area contributed by atoms with Crippen molar-refractivity contribution < 1.29 is 31.5 Å². The van der Waals surface area contributed by atoms with Gasteiger partial charge in [0.1, 0.15) is 11.5 Å². The summed E-state index contributed by atoms with van der Waals surface area (Å²) < 4.78 is 80.3. The number of morpholine rings is 1. The summed E-state index contributed by atoms with van der Waals surface area (Å²) in [4.78, 5) is 39.6. The van der Waals surface area contributed by atoms with Gasteiger partial charge in [-0.25, -0.2) is 18.7 Å². The highest BCUT2D eigenvalue weighted by atomic mass is 19.4. The third kappa shape index (κ3) is 6.64. The second-order valence-corrected chi connectivity index (χ2v) is 11.7. The highest BCUT2D eigenvalue weighted by Crippen LogP contribution is 2.40. The number of nitrogens with one attached hydrogen (secondary N) is 1. The van der Waals surface area contributed by atoms with Gasteiger partial charge in [0.15, 0.2) is 5.82 Å². The van der Waals surface area contributed by atoms with Crippen LogP contribution in [0.4, 0.5) is 39.3 Å². The minimum atomic E-state index is -5.04. The van der Waals surface area contributed by atoms with Gasteiger partial charge in [0.05, 0.1) is 34.6 Å². The van der Waals surface area contributed by atoms with Gasteiger partial charge < -0.3 is 29.3 Å². The van der Waals surface area contributed by atoms with E-state index in [2.05, 4.69) is 15.3 Å². The van der Waals surface area contributed by atoms with Gasteiger partial charge in [-0.05, 0) is 27.8 Å². The molecule has 3 aromatic rings. The van der Waals surface area contributed by atoms with Crippen molar-refractivity contribution in [3.8, 4) is 11.1 Å². The predicted molar refractivity (Wildman–Crippen MR) is 159 cm³/mol. The minimum absolute atomic E-state index is 0.0276. The van der Waals surface area contributed by atoms with Crippen LogP contribution in [0.3, 0.4) is 0 Å². The Labute approximate surface area is 256 Å². The van der Waals surface area contributed by atoms with Crippen LogP contribution in [-0.2, 0) is 18.0 Å². The van der Waals surface area contributed by atoms with Crippen LogP contribution >= 0.6 is 0 Å². The molecule has 2 saturated heterocycles. The zero-order chi connectivity index (χ0) is 32.8. The van der Waals surface area contributed by atoms with E-state index in [1.54, 1.807) is 4.90 Å². The fraction of sp³-hybridized carbons (Fsp3) is 0.467. The van der Waals surface area contributed by atoms with Crippen LogP contribution in [0.1, 0.15) is 36.7 Å². The fourth-order valence-corrected chi connectivity index (χ4v) is 5.69. The van der Waals surface area contributed by atoms with Crippen LogP contribution in [0.5, 0.6) is 0 Å². The maximum Gasteiger partial charge on any atom is 0.417 e. The number of carbonyl (C=O) groups excluding carboxylic acids is 1. The molecule has 0 bridgehead atoms.